The number of hydrogen-bond donors (Lipinski definition) is 3. The van der Waals surface area contributed by atoms with Crippen molar-refractivity contribution in [1.29, 1.82) is 0 Å². The smallest absolute Gasteiger partial charge is 0.305 e. The Balaban J connectivity index is 3.35. The van der Waals surface area contributed by atoms with Crippen LogP contribution in [0.4, 0.5) is 0 Å². The minimum atomic E-state index is -0.665. The number of nitrogens with one attached hydrogen (secondary N) is 1. The summed E-state index contributed by atoms with van der Waals surface area (Å²) in [6.07, 6.45) is 120. The minimum absolute atomic E-state index is 0.0174. The maximum atomic E-state index is 12.6. The van der Waals surface area contributed by atoms with Gasteiger partial charge in [0.05, 0.1) is 25.4 Å². The lowest BCUT2D eigenvalue weighted by atomic mass is 10.0. The van der Waals surface area contributed by atoms with Gasteiger partial charge < -0.3 is 20.3 Å². The molecule has 0 aromatic carbocycles. The van der Waals surface area contributed by atoms with Gasteiger partial charge in [-0.1, -0.05) is 461 Å². The third-order valence-corrected chi connectivity index (χ3v) is 21.6. The number of allylic oxidation sites excluding steroid dienone is 8. The first-order chi connectivity index (χ1) is 49.5. The Kier molecular flexibility index (Phi) is 87.3. The number of unbranched alkanes of at least 4 members (excludes halogenated alkanes) is 68. The first kappa shape index (κ1) is 97.8. The number of amides is 1. The molecule has 0 aromatic heterocycles. The third-order valence-electron chi connectivity index (χ3n) is 21.6. The van der Waals surface area contributed by atoms with Crippen LogP contribution in [0.5, 0.6) is 0 Å². The van der Waals surface area contributed by atoms with E-state index in [-0.39, 0.29) is 18.5 Å². The fourth-order valence-corrected chi connectivity index (χ4v) is 14.7. The van der Waals surface area contributed by atoms with Crippen LogP contribution in [0, 0.1) is 0 Å². The summed E-state index contributed by atoms with van der Waals surface area (Å²) in [5.74, 6) is -0.00830. The average Bonchev–Trinajstić information content (AvgIpc) is 1.80. The molecule has 0 aliphatic carbocycles. The lowest BCUT2D eigenvalue weighted by Crippen LogP contribution is -2.45. The summed E-state index contributed by atoms with van der Waals surface area (Å²) in [5, 5.41) is 23.5. The minimum Gasteiger partial charge on any atom is -0.466 e. The lowest BCUT2D eigenvalue weighted by Gasteiger charge is -2.22. The van der Waals surface area contributed by atoms with E-state index in [1.165, 1.54) is 424 Å². The molecular formula is C94H179NO5. The van der Waals surface area contributed by atoms with E-state index in [9.17, 15) is 19.8 Å². The molecular weight excluding hydrogens is 1220 g/mol. The van der Waals surface area contributed by atoms with E-state index >= 15 is 0 Å². The molecule has 6 nitrogen and oxygen atoms in total. The van der Waals surface area contributed by atoms with Gasteiger partial charge in [0.25, 0.3) is 0 Å². The SMILES string of the molecule is CCCCC/C=C\C/C=C\CCCCCCCCCCCC(=O)OCCCCCCCCCCCCCCCCC/C=C\C/C=C\CCCCCCCCCCCCCCCCCCCC(=O)NC(CO)C(O)CCCCCCCCCCCCCCCCCCCCCCCCCCC. The zero-order valence-corrected chi connectivity index (χ0v) is 68.0. The summed E-state index contributed by atoms with van der Waals surface area (Å²) in [5.41, 5.74) is 0. The highest BCUT2D eigenvalue weighted by Gasteiger charge is 2.20. The zero-order valence-electron chi connectivity index (χ0n) is 68.0. The van der Waals surface area contributed by atoms with Gasteiger partial charge >= 0.3 is 5.97 Å². The van der Waals surface area contributed by atoms with Crippen LogP contribution in [0.3, 0.4) is 0 Å². The van der Waals surface area contributed by atoms with Gasteiger partial charge in [0, 0.05) is 12.8 Å². The first-order valence-corrected chi connectivity index (χ1v) is 45.9. The van der Waals surface area contributed by atoms with Crippen molar-refractivity contribution >= 4 is 11.9 Å². The third kappa shape index (κ3) is 84.8. The molecule has 0 aliphatic heterocycles. The molecule has 2 unspecified atom stereocenters. The maximum Gasteiger partial charge on any atom is 0.305 e. The van der Waals surface area contributed by atoms with Crippen LogP contribution in [0.15, 0.2) is 48.6 Å². The van der Waals surface area contributed by atoms with Gasteiger partial charge in [-0.25, -0.2) is 0 Å². The zero-order chi connectivity index (χ0) is 71.9. The predicted molar refractivity (Wildman–Crippen MR) is 444 cm³/mol. The number of ether oxygens (including phenoxy) is 1. The van der Waals surface area contributed by atoms with Crippen molar-refractivity contribution in [2.45, 2.75) is 527 Å². The van der Waals surface area contributed by atoms with Crippen LogP contribution in [0.25, 0.3) is 0 Å². The van der Waals surface area contributed by atoms with Crippen LogP contribution in [0.2, 0.25) is 0 Å². The molecule has 0 spiro atoms. The Morgan fingerprint density at radius 2 is 0.500 bits per heavy atom. The number of esters is 1. The summed E-state index contributed by atoms with van der Waals surface area (Å²) in [6, 6.07) is -0.541. The highest BCUT2D eigenvalue weighted by atomic mass is 16.5. The van der Waals surface area contributed by atoms with Crippen LogP contribution < -0.4 is 5.32 Å². The summed E-state index contributed by atoms with van der Waals surface area (Å²) >= 11 is 0. The Labute approximate surface area is 626 Å². The molecule has 100 heavy (non-hydrogen) atoms. The van der Waals surface area contributed by atoms with Crippen LogP contribution in [0.1, 0.15) is 515 Å². The predicted octanol–water partition coefficient (Wildman–Crippen LogP) is 31.1. The maximum absolute atomic E-state index is 12.6. The number of carbonyl (C=O) groups is 2. The second-order valence-electron chi connectivity index (χ2n) is 31.6. The van der Waals surface area contributed by atoms with Gasteiger partial charge in [0.1, 0.15) is 0 Å². The molecule has 0 radical (unpaired) electrons. The second-order valence-corrected chi connectivity index (χ2v) is 31.6. The number of rotatable bonds is 87. The van der Waals surface area contributed by atoms with Crippen molar-refractivity contribution in [2.24, 2.45) is 0 Å². The summed E-state index contributed by atoms with van der Waals surface area (Å²) in [4.78, 5) is 24.7. The molecule has 6 heteroatoms. The average molecular weight is 1400 g/mol. The van der Waals surface area contributed by atoms with Crippen LogP contribution >= 0.6 is 0 Å². The Hall–Kier alpha value is -2.18. The van der Waals surface area contributed by atoms with Gasteiger partial charge in [-0.2, -0.15) is 0 Å². The lowest BCUT2D eigenvalue weighted by molar-refractivity contribution is -0.143. The topological polar surface area (TPSA) is 95.9 Å². The van der Waals surface area contributed by atoms with E-state index in [4.69, 9.17) is 4.74 Å². The van der Waals surface area contributed by atoms with Gasteiger partial charge in [-0.05, 0) is 89.9 Å². The van der Waals surface area contributed by atoms with Crippen LogP contribution in [-0.2, 0) is 14.3 Å². The highest BCUT2D eigenvalue weighted by molar-refractivity contribution is 5.76. The number of carbonyl (C=O) groups excluding carboxylic acids is 2. The molecule has 0 saturated carbocycles. The standard InChI is InChI=1S/C94H179NO5/c1-3-5-7-9-11-13-15-17-19-21-23-24-25-41-44-47-51-54-58-62-66-70-74-78-82-86-92(97)91(90-96)95-93(98)87-83-79-75-71-67-63-59-55-52-48-45-42-39-37-35-33-31-29-27-26-28-30-32-34-36-38-40-43-46-49-53-57-61-65-69-73-77-81-85-89-100-94(99)88-84-80-76-72-68-64-60-56-50-22-20-18-16-14-12-10-8-6-4-2/h12,14,18,20,26-27,30,32,91-92,96-97H,3-11,13,15-17,19,21-25,28-29,31,33-90H2,1-2H3,(H,95,98)/b14-12-,20-18-,27-26-,32-30-. The molecule has 590 valence electrons. The van der Waals surface area contributed by atoms with Gasteiger partial charge in [-0.15, -0.1) is 0 Å². The Morgan fingerprint density at radius 3 is 0.780 bits per heavy atom. The molecule has 1 amide bonds. The monoisotopic (exact) mass is 1400 g/mol. The van der Waals surface area contributed by atoms with Gasteiger partial charge in [0.15, 0.2) is 0 Å². The van der Waals surface area contributed by atoms with E-state index in [2.05, 4.69) is 67.8 Å². The molecule has 0 fully saturated rings. The Bertz CT molecular complexity index is 1670. The van der Waals surface area contributed by atoms with Crippen LogP contribution in [-0.4, -0.2) is 47.4 Å². The fraction of sp³-hybridized carbons (Fsp3) is 0.894. The van der Waals surface area contributed by atoms with E-state index in [0.717, 1.165) is 57.8 Å². The molecule has 2 atom stereocenters. The largest absolute Gasteiger partial charge is 0.466 e. The summed E-state index contributed by atoms with van der Waals surface area (Å²) in [6.45, 7) is 4.99. The van der Waals surface area contributed by atoms with E-state index in [1.807, 2.05) is 0 Å². The summed E-state index contributed by atoms with van der Waals surface area (Å²) < 4.78 is 5.52. The van der Waals surface area contributed by atoms with Crippen molar-refractivity contribution in [3.63, 3.8) is 0 Å². The normalized spacial score (nSPS) is 12.6. The number of hydrogen-bond acceptors (Lipinski definition) is 5. The Morgan fingerprint density at radius 1 is 0.280 bits per heavy atom. The van der Waals surface area contributed by atoms with Crippen molar-refractivity contribution < 1.29 is 24.5 Å². The first-order valence-electron chi connectivity index (χ1n) is 45.9. The fourth-order valence-electron chi connectivity index (χ4n) is 14.7. The van der Waals surface area contributed by atoms with Crippen molar-refractivity contribution in [1.82, 2.24) is 5.32 Å². The molecule has 0 rings (SSSR count). The number of aliphatic hydroxyl groups excluding tert-OH is 2. The van der Waals surface area contributed by atoms with Crippen molar-refractivity contribution in [2.75, 3.05) is 13.2 Å². The van der Waals surface area contributed by atoms with E-state index < -0.39 is 12.1 Å². The van der Waals surface area contributed by atoms with Crippen molar-refractivity contribution in [3.05, 3.63) is 48.6 Å². The molecule has 0 bridgehead atoms. The highest BCUT2D eigenvalue weighted by Crippen LogP contribution is 2.21. The molecule has 0 aliphatic rings. The molecule has 0 aromatic rings. The molecule has 0 heterocycles. The number of aliphatic hydroxyl groups is 2. The van der Waals surface area contributed by atoms with E-state index in [0.29, 0.717) is 25.9 Å². The van der Waals surface area contributed by atoms with Gasteiger partial charge in [-0.3, -0.25) is 9.59 Å². The van der Waals surface area contributed by atoms with Crippen molar-refractivity contribution in [3.8, 4) is 0 Å². The second kappa shape index (κ2) is 89.2. The quantitative estimate of drug-likeness (QED) is 0.0320. The van der Waals surface area contributed by atoms with E-state index in [1.54, 1.807) is 0 Å². The van der Waals surface area contributed by atoms with Gasteiger partial charge in [0.2, 0.25) is 5.91 Å². The summed E-state index contributed by atoms with van der Waals surface area (Å²) in [7, 11) is 0. The molecule has 3 N–H and O–H groups in total. The molecule has 0 saturated heterocycles.